The van der Waals surface area contributed by atoms with E-state index in [4.69, 9.17) is 21.7 Å². The van der Waals surface area contributed by atoms with Crippen LogP contribution in [0, 0.1) is 26.6 Å². The molecule has 0 saturated heterocycles. The second-order valence-corrected chi connectivity index (χ2v) is 5.99. The summed E-state index contributed by atoms with van der Waals surface area (Å²) in [5.74, 6) is 0.807. The molecule has 0 N–H and O–H groups in total. The van der Waals surface area contributed by atoms with Crippen LogP contribution in [-0.4, -0.2) is 5.05 Å². The standard InChI is InChI=1S/C19H21FO2S/c1-5-19(23)22-17-8-6-7-16(20)15(17)11-21-18-10-13(3)12(2)9-14(18)4/h6-10H,5,11H2,1-4H3. The molecule has 0 saturated carbocycles. The summed E-state index contributed by atoms with van der Waals surface area (Å²) in [4.78, 5) is 0. The predicted molar refractivity (Wildman–Crippen MR) is 94.9 cm³/mol. The highest BCUT2D eigenvalue weighted by atomic mass is 32.1. The van der Waals surface area contributed by atoms with E-state index in [1.165, 1.54) is 11.6 Å². The molecule has 0 spiro atoms. The van der Waals surface area contributed by atoms with Gasteiger partial charge in [0.2, 0.25) is 0 Å². The monoisotopic (exact) mass is 332 g/mol. The zero-order valence-electron chi connectivity index (χ0n) is 13.9. The quantitative estimate of drug-likeness (QED) is 0.679. The summed E-state index contributed by atoms with van der Waals surface area (Å²) < 4.78 is 25.5. The van der Waals surface area contributed by atoms with Gasteiger partial charge in [-0.1, -0.05) is 19.1 Å². The fourth-order valence-corrected chi connectivity index (χ4v) is 2.30. The first-order chi connectivity index (χ1) is 10.9. The van der Waals surface area contributed by atoms with Crippen molar-refractivity contribution in [1.29, 1.82) is 0 Å². The molecular formula is C19H21FO2S. The maximum Gasteiger partial charge on any atom is 0.167 e. The lowest BCUT2D eigenvalue weighted by molar-refractivity contribution is 0.293. The van der Waals surface area contributed by atoms with Gasteiger partial charge in [-0.05, 0) is 67.9 Å². The number of ether oxygens (including phenoxy) is 2. The molecule has 0 atom stereocenters. The number of aryl methyl sites for hydroxylation is 3. The second kappa shape index (κ2) is 7.55. The molecule has 4 heteroatoms. The minimum Gasteiger partial charge on any atom is -0.488 e. The van der Waals surface area contributed by atoms with Gasteiger partial charge in [0.15, 0.2) is 5.05 Å². The highest BCUT2D eigenvalue weighted by Crippen LogP contribution is 2.27. The Balaban J connectivity index is 2.23. The van der Waals surface area contributed by atoms with Crippen molar-refractivity contribution in [2.45, 2.75) is 40.7 Å². The topological polar surface area (TPSA) is 18.5 Å². The molecule has 0 aliphatic rings. The number of halogens is 1. The first-order valence-corrected chi connectivity index (χ1v) is 8.02. The molecule has 2 aromatic carbocycles. The summed E-state index contributed by atoms with van der Waals surface area (Å²) in [6.07, 6.45) is 0.600. The SMILES string of the molecule is CCC(=S)Oc1cccc(F)c1COc1cc(C)c(C)cc1C. The number of thiocarbonyl (C=S) groups is 1. The van der Waals surface area contributed by atoms with E-state index in [1.54, 1.807) is 12.1 Å². The number of benzene rings is 2. The lowest BCUT2D eigenvalue weighted by atomic mass is 10.1. The highest BCUT2D eigenvalue weighted by molar-refractivity contribution is 7.80. The van der Waals surface area contributed by atoms with Crippen LogP contribution in [0.15, 0.2) is 30.3 Å². The predicted octanol–water partition coefficient (Wildman–Crippen LogP) is 5.45. The van der Waals surface area contributed by atoms with E-state index in [1.807, 2.05) is 26.8 Å². The Bertz CT molecular complexity index is 726. The van der Waals surface area contributed by atoms with Crippen molar-refractivity contribution >= 4 is 17.3 Å². The molecular weight excluding hydrogens is 311 g/mol. The molecule has 0 aliphatic heterocycles. The van der Waals surface area contributed by atoms with Crippen molar-refractivity contribution in [3.05, 3.63) is 58.4 Å². The molecule has 0 unspecified atom stereocenters. The summed E-state index contributed by atoms with van der Waals surface area (Å²) >= 11 is 5.08. The van der Waals surface area contributed by atoms with Gasteiger partial charge in [0.1, 0.15) is 23.9 Å². The largest absolute Gasteiger partial charge is 0.488 e. The van der Waals surface area contributed by atoms with Crippen molar-refractivity contribution in [1.82, 2.24) is 0 Å². The summed E-state index contributed by atoms with van der Waals surface area (Å²) in [5.41, 5.74) is 3.75. The van der Waals surface area contributed by atoms with Crippen LogP contribution < -0.4 is 9.47 Å². The van der Waals surface area contributed by atoms with Crippen LogP contribution in [0.1, 0.15) is 35.6 Å². The third kappa shape index (κ3) is 4.29. The minimum absolute atomic E-state index is 0.0949. The molecule has 0 heterocycles. The Hall–Kier alpha value is -1.94. The molecule has 2 rings (SSSR count). The summed E-state index contributed by atoms with van der Waals surface area (Å²) in [6, 6.07) is 8.75. The van der Waals surface area contributed by atoms with Gasteiger partial charge in [0.05, 0.1) is 5.56 Å². The lowest BCUT2D eigenvalue weighted by Gasteiger charge is -2.15. The first-order valence-electron chi connectivity index (χ1n) is 7.61. The van der Waals surface area contributed by atoms with Gasteiger partial charge in [-0.3, -0.25) is 0 Å². The van der Waals surface area contributed by atoms with Crippen LogP contribution in [0.5, 0.6) is 11.5 Å². The molecule has 122 valence electrons. The number of hydrogen-bond acceptors (Lipinski definition) is 3. The van der Waals surface area contributed by atoms with E-state index in [2.05, 4.69) is 13.0 Å². The van der Waals surface area contributed by atoms with E-state index in [0.29, 0.717) is 22.8 Å². The summed E-state index contributed by atoms with van der Waals surface area (Å²) in [5, 5.41) is 0.430. The van der Waals surface area contributed by atoms with Crippen molar-refractivity contribution in [2.24, 2.45) is 0 Å². The molecule has 0 bridgehead atoms. The molecule has 0 radical (unpaired) electrons. The fourth-order valence-electron chi connectivity index (χ4n) is 2.21. The van der Waals surface area contributed by atoms with Crippen molar-refractivity contribution in [3.8, 4) is 11.5 Å². The van der Waals surface area contributed by atoms with Crippen LogP contribution in [-0.2, 0) is 6.61 Å². The minimum atomic E-state index is -0.358. The van der Waals surface area contributed by atoms with E-state index in [9.17, 15) is 4.39 Å². The lowest BCUT2D eigenvalue weighted by Crippen LogP contribution is -2.08. The van der Waals surface area contributed by atoms with E-state index in [0.717, 1.165) is 16.9 Å². The van der Waals surface area contributed by atoms with Gasteiger partial charge < -0.3 is 9.47 Å². The van der Waals surface area contributed by atoms with Crippen molar-refractivity contribution < 1.29 is 13.9 Å². The van der Waals surface area contributed by atoms with E-state index in [-0.39, 0.29) is 12.4 Å². The van der Waals surface area contributed by atoms with Crippen LogP contribution >= 0.6 is 12.2 Å². The molecule has 0 amide bonds. The number of hydrogen-bond donors (Lipinski definition) is 0. The smallest absolute Gasteiger partial charge is 0.167 e. The maximum atomic E-state index is 14.1. The first kappa shape index (κ1) is 17.4. The van der Waals surface area contributed by atoms with Crippen molar-refractivity contribution in [2.75, 3.05) is 0 Å². The number of rotatable bonds is 5. The Morgan fingerprint density at radius 2 is 1.74 bits per heavy atom. The third-order valence-electron chi connectivity index (χ3n) is 3.75. The maximum absolute atomic E-state index is 14.1. The van der Waals surface area contributed by atoms with E-state index >= 15 is 0 Å². The average Bonchev–Trinajstić information content (AvgIpc) is 2.51. The average molecular weight is 332 g/mol. The second-order valence-electron chi connectivity index (χ2n) is 5.53. The van der Waals surface area contributed by atoms with Gasteiger partial charge >= 0.3 is 0 Å². The Morgan fingerprint density at radius 3 is 2.43 bits per heavy atom. The Morgan fingerprint density at radius 1 is 1.04 bits per heavy atom. The fraction of sp³-hybridized carbons (Fsp3) is 0.316. The summed E-state index contributed by atoms with van der Waals surface area (Å²) in [6.45, 7) is 8.06. The molecule has 2 aromatic rings. The molecule has 0 aromatic heterocycles. The van der Waals surface area contributed by atoms with Gasteiger partial charge in [-0.25, -0.2) is 4.39 Å². The third-order valence-corrected chi connectivity index (χ3v) is 4.12. The molecule has 0 fully saturated rings. The van der Waals surface area contributed by atoms with Crippen LogP contribution in [0.2, 0.25) is 0 Å². The van der Waals surface area contributed by atoms with Crippen molar-refractivity contribution in [3.63, 3.8) is 0 Å². The van der Waals surface area contributed by atoms with Gasteiger partial charge in [0.25, 0.3) is 0 Å². The Labute approximate surface area is 142 Å². The zero-order chi connectivity index (χ0) is 17.0. The van der Waals surface area contributed by atoms with E-state index < -0.39 is 0 Å². The highest BCUT2D eigenvalue weighted by Gasteiger charge is 2.13. The van der Waals surface area contributed by atoms with Gasteiger partial charge in [-0.15, -0.1) is 0 Å². The zero-order valence-corrected chi connectivity index (χ0v) is 14.7. The molecule has 23 heavy (non-hydrogen) atoms. The van der Waals surface area contributed by atoms with Crippen LogP contribution in [0.4, 0.5) is 4.39 Å². The van der Waals surface area contributed by atoms with Crippen LogP contribution in [0.3, 0.4) is 0 Å². The van der Waals surface area contributed by atoms with Gasteiger partial charge in [0, 0.05) is 6.42 Å². The normalized spacial score (nSPS) is 10.5. The molecule has 2 nitrogen and oxygen atoms in total. The van der Waals surface area contributed by atoms with Crippen LogP contribution in [0.25, 0.3) is 0 Å². The summed E-state index contributed by atoms with van der Waals surface area (Å²) in [7, 11) is 0. The van der Waals surface area contributed by atoms with Gasteiger partial charge in [-0.2, -0.15) is 0 Å². The Kier molecular flexibility index (Phi) is 5.72. The molecule has 0 aliphatic carbocycles.